The number of rotatable bonds is 9. The molecule has 5 aromatic rings. The molecule has 0 fully saturated rings. The Bertz CT molecular complexity index is 2020. The molecular formula is C40H41ClN2O7S. The van der Waals surface area contributed by atoms with Gasteiger partial charge in [-0.25, -0.2) is 0 Å². The number of carbonyl (C=O) groups excluding carboxylic acids is 2. The molecule has 0 spiro atoms. The Balaban J connectivity index is 0.000000282. The summed E-state index contributed by atoms with van der Waals surface area (Å²) in [6.45, 7) is 5.46. The molecule has 9 nitrogen and oxygen atoms in total. The second-order valence-corrected chi connectivity index (χ2v) is 13.7. The van der Waals surface area contributed by atoms with E-state index in [1.54, 1.807) is 7.05 Å². The first kappa shape index (κ1) is 38.8. The maximum atomic E-state index is 12.6. The second-order valence-electron chi connectivity index (χ2n) is 11.7. The van der Waals surface area contributed by atoms with Gasteiger partial charge < -0.3 is 20.1 Å². The Kier molecular flexibility index (Phi) is 14.3. The predicted molar refractivity (Wildman–Crippen MR) is 204 cm³/mol. The van der Waals surface area contributed by atoms with Crippen LogP contribution in [0.1, 0.15) is 27.0 Å². The van der Waals surface area contributed by atoms with E-state index in [0.29, 0.717) is 26.2 Å². The number of ether oxygens (including phenoxy) is 2. The highest BCUT2D eigenvalue weighted by molar-refractivity contribution is 7.85. The molecule has 0 saturated heterocycles. The quantitative estimate of drug-likeness (QED) is 0.103. The van der Waals surface area contributed by atoms with E-state index in [9.17, 15) is 18.0 Å². The van der Waals surface area contributed by atoms with E-state index >= 15 is 0 Å². The molecule has 11 heteroatoms. The van der Waals surface area contributed by atoms with Crippen molar-refractivity contribution in [1.82, 2.24) is 5.32 Å². The second kappa shape index (κ2) is 18.8. The molecule has 6 rings (SSSR count). The van der Waals surface area contributed by atoms with Gasteiger partial charge in [0, 0.05) is 22.8 Å². The number of halogens is 1. The lowest BCUT2D eigenvalue weighted by atomic mass is 10.0. The first-order chi connectivity index (χ1) is 24.4. The number of benzene rings is 5. The summed E-state index contributed by atoms with van der Waals surface area (Å²) in [5.41, 5.74) is 9.08. The smallest absolute Gasteiger partial charge is 0.266 e. The predicted octanol–water partition coefficient (Wildman–Crippen LogP) is 7.84. The van der Waals surface area contributed by atoms with Crippen molar-refractivity contribution in [3.8, 4) is 33.8 Å². The lowest BCUT2D eigenvalue weighted by molar-refractivity contribution is -0.115. The number of carbonyl (C=O) groups is 2. The summed E-state index contributed by atoms with van der Waals surface area (Å²) >= 11 is 6.06. The molecule has 1 aliphatic heterocycles. The fourth-order valence-electron chi connectivity index (χ4n) is 4.99. The molecule has 1 aliphatic rings. The van der Waals surface area contributed by atoms with E-state index in [2.05, 4.69) is 10.6 Å². The molecular weight excluding hydrogens is 688 g/mol. The maximum Gasteiger partial charge on any atom is 0.266 e. The van der Waals surface area contributed by atoms with Crippen molar-refractivity contribution in [3.63, 3.8) is 0 Å². The van der Waals surface area contributed by atoms with Gasteiger partial charge in [-0.05, 0) is 90.7 Å². The van der Waals surface area contributed by atoms with E-state index in [1.165, 1.54) is 5.56 Å². The minimum atomic E-state index is -3.75. The Hall–Kier alpha value is -5.00. The Morgan fingerprint density at radius 1 is 0.804 bits per heavy atom. The van der Waals surface area contributed by atoms with Crippen LogP contribution in [0.4, 0.5) is 5.69 Å². The lowest BCUT2D eigenvalue weighted by Gasteiger charge is -2.19. The largest absolute Gasteiger partial charge is 0.486 e. The highest BCUT2D eigenvalue weighted by Crippen LogP contribution is 2.34. The maximum absolute atomic E-state index is 12.6. The van der Waals surface area contributed by atoms with Crippen molar-refractivity contribution in [2.45, 2.75) is 20.3 Å². The normalized spacial score (nSPS) is 11.6. The molecule has 0 saturated carbocycles. The van der Waals surface area contributed by atoms with Crippen LogP contribution in [0.2, 0.25) is 5.02 Å². The summed E-state index contributed by atoms with van der Waals surface area (Å²) < 4.78 is 39.2. The summed E-state index contributed by atoms with van der Waals surface area (Å²) in [7, 11) is -2.13. The van der Waals surface area contributed by atoms with Crippen LogP contribution in [-0.4, -0.2) is 57.7 Å². The lowest BCUT2D eigenvalue weighted by Crippen LogP contribution is -2.18. The number of nitrogens with one attached hydrogen (secondary N) is 2. The number of hydrogen-bond donors (Lipinski definition) is 3. The summed E-state index contributed by atoms with van der Waals surface area (Å²) in [6.07, 6.45) is 1.15. The van der Waals surface area contributed by atoms with Gasteiger partial charge in [0.25, 0.3) is 10.1 Å². The van der Waals surface area contributed by atoms with Crippen molar-refractivity contribution >= 4 is 39.6 Å². The summed E-state index contributed by atoms with van der Waals surface area (Å²) in [6, 6.07) is 35.1. The third-order valence-electron chi connectivity index (χ3n) is 7.69. The van der Waals surface area contributed by atoms with Gasteiger partial charge in [-0.15, -0.1) is 0 Å². The van der Waals surface area contributed by atoms with Gasteiger partial charge in [-0.3, -0.25) is 14.1 Å². The number of fused-ring (bicyclic) bond motifs is 1. The molecule has 51 heavy (non-hydrogen) atoms. The van der Waals surface area contributed by atoms with Crippen molar-refractivity contribution in [1.29, 1.82) is 0 Å². The van der Waals surface area contributed by atoms with Crippen LogP contribution in [0.15, 0.2) is 109 Å². The third kappa shape index (κ3) is 12.7. The number of aldehydes is 1. The van der Waals surface area contributed by atoms with Gasteiger partial charge in [0.05, 0.1) is 12.2 Å². The van der Waals surface area contributed by atoms with Crippen molar-refractivity contribution < 1.29 is 32.0 Å². The highest BCUT2D eigenvalue weighted by atomic mass is 35.5. The fraction of sp³-hybridized carbons (Fsp3) is 0.200. The van der Waals surface area contributed by atoms with Gasteiger partial charge in [-0.1, -0.05) is 90.0 Å². The molecule has 3 N–H and O–H groups in total. The number of anilines is 1. The van der Waals surface area contributed by atoms with E-state index in [0.717, 1.165) is 67.4 Å². The highest BCUT2D eigenvalue weighted by Gasteiger charge is 2.13. The zero-order chi connectivity index (χ0) is 36.8. The van der Waals surface area contributed by atoms with E-state index in [4.69, 9.17) is 25.6 Å². The van der Waals surface area contributed by atoms with Crippen molar-refractivity contribution in [2.75, 3.05) is 37.9 Å². The van der Waals surface area contributed by atoms with Gasteiger partial charge in [0.1, 0.15) is 19.5 Å². The molecule has 5 aromatic carbocycles. The molecule has 0 radical (unpaired) electrons. The summed E-state index contributed by atoms with van der Waals surface area (Å²) in [5.74, 6) is 1.27. The molecule has 0 aliphatic carbocycles. The standard InChI is InChI=1S/C29H24ClNO3.C8H8O.C3H9NO3S/c1-19-16-24(30)9-12-26(19)22-6-10-25(11-7-22)31-29(32)17-20-2-4-21(5-3-20)23-8-13-27-28(18-23)34-15-14-33-27;1-7-2-4-8(6-9)5-3-7;1-4-2-3-8(5,6)7/h2-13,16,18H,14-15,17H2,1H3,(H,31,32);2-6H,1H3;4H,2-3H2,1H3,(H,5,6,7). The Morgan fingerprint density at radius 3 is 2.02 bits per heavy atom. The monoisotopic (exact) mass is 728 g/mol. The minimum Gasteiger partial charge on any atom is -0.486 e. The molecule has 0 unspecified atom stereocenters. The van der Waals surface area contributed by atoms with Crippen molar-refractivity contribution in [3.05, 3.63) is 136 Å². The zero-order valence-corrected chi connectivity index (χ0v) is 30.3. The summed E-state index contributed by atoms with van der Waals surface area (Å²) in [4.78, 5) is 22.7. The minimum absolute atomic E-state index is 0.0532. The number of hydrogen-bond acceptors (Lipinski definition) is 7. The van der Waals surface area contributed by atoms with Crippen molar-refractivity contribution in [2.24, 2.45) is 0 Å². The SMILES string of the molecule is CNCCS(=O)(=O)O.Cc1cc(Cl)ccc1-c1ccc(NC(=O)Cc2ccc(-c3ccc4c(c3)OCCO4)cc2)cc1.Cc1ccc(C=O)cc1. The molecule has 1 amide bonds. The Morgan fingerprint density at radius 2 is 1.43 bits per heavy atom. The van der Waals surface area contributed by atoms with Gasteiger partial charge >= 0.3 is 0 Å². The van der Waals surface area contributed by atoms with Crippen LogP contribution in [0.25, 0.3) is 22.3 Å². The topological polar surface area (TPSA) is 131 Å². The first-order valence-corrected chi connectivity index (χ1v) is 18.2. The Labute approximate surface area is 304 Å². The number of aryl methyl sites for hydroxylation is 2. The molecule has 266 valence electrons. The van der Waals surface area contributed by atoms with Crippen LogP contribution in [0.3, 0.4) is 0 Å². The molecule has 0 atom stereocenters. The molecule has 0 aromatic heterocycles. The van der Waals surface area contributed by atoms with E-state index in [1.807, 2.05) is 123 Å². The fourth-order valence-corrected chi connectivity index (χ4v) is 5.68. The van der Waals surface area contributed by atoms with Crippen LogP contribution in [0.5, 0.6) is 11.5 Å². The molecule has 0 bridgehead atoms. The average molecular weight is 729 g/mol. The van der Waals surface area contributed by atoms with Crippen LogP contribution in [0, 0.1) is 13.8 Å². The van der Waals surface area contributed by atoms with Crippen LogP contribution in [-0.2, 0) is 21.3 Å². The van der Waals surface area contributed by atoms with Crippen LogP contribution < -0.4 is 20.1 Å². The average Bonchev–Trinajstić information content (AvgIpc) is 3.12. The van der Waals surface area contributed by atoms with E-state index in [-0.39, 0.29) is 11.7 Å². The van der Waals surface area contributed by atoms with Crippen LogP contribution >= 0.6 is 11.6 Å². The zero-order valence-electron chi connectivity index (χ0n) is 28.7. The van der Waals surface area contributed by atoms with Gasteiger partial charge in [0.2, 0.25) is 5.91 Å². The van der Waals surface area contributed by atoms with Gasteiger partial charge in [-0.2, -0.15) is 8.42 Å². The van der Waals surface area contributed by atoms with E-state index < -0.39 is 10.1 Å². The summed E-state index contributed by atoms with van der Waals surface area (Å²) in [5, 5.41) is 6.29. The molecule has 1 heterocycles. The third-order valence-corrected chi connectivity index (χ3v) is 8.64. The first-order valence-electron chi connectivity index (χ1n) is 16.2. The van der Waals surface area contributed by atoms with Gasteiger partial charge in [0.15, 0.2) is 11.5 Å². The number of amides is 1.